The van der Waals surface area contributed by atoms with E-state index in [1.54, 1.807) is 20.8 Å². The van der Waals surface area contributed by atoms with E-state index < -0.39 is 36.4 Å². The van der Waals surface area contributed by atoms with E-state index in [0.717, 1.165) is 6.92 Å². The number of hydrogen-bond donors (Lipinski definition) is 2. The number of alkyl halides is 2. The minimum Gasteiger partial charge on any atom is -0.480 e. The van der Waals surface area contributed by atoms with Gasteiger partial charge in [-0.2, -0.15) is 8.78 Å². The first-order chi connectivity index (χ1) is 8.03. The lowest BCUT2D eigenvalue weighted by molar-refractivity contribution is -0.174. The smallest absolute Gasteiger partial charge is 0.408 e. The number of nitrogens with one attached hydrogen (secondary N) is 1. The number of ether oxygens (including phenoxy) is 2. The molecule has 0 aromatic carbocycles. The zero-order chi connectivity index (χ0) is 14.5. The van der Waals surface area contributed by atoms with Crippen molar-refractivity contribution in [3.63, 3.8) is 0 Å². The summed E-state index contributed by atoms with van der Waals surface area (Å²) in [5.41, 5.74) is -0.819. The van der Waals surface area contributed by atoms with Gasteiger partial charge in [-0.3, -0.25) is 0 Å². The van der Waals surface area contributed by atoms with Crippen LogP contribution in [-0.2, 0) is 14.3 Å². The van der Waals surface area contributed by atoms with E-state index in [9.17, 15) is 18.4 Å². The minimum atomic E-state index is -3.12. The van der Waals surface area contributed by atoms with Gasteiger partial charge in [0, 0.05) is 0 Å². The van der Waals surface area contributed by atoms with Crippen LogP contribution in [0.25, 0.3) is 0 Å². The van der Waals surface area contributed by atoms with Crippen molar-refractivity contribution in [1.29, 1.82) is 0 Å². The Kier molecular flexibility index (Phi) is 5.96. The van der Waals surface area contributed by atoms with Gasteiger partial charge >= 0.3 is 18.7 Å². The predicted octanol–water partition coefficient (Wildman–Crippen LogP) is 1.59. The van der Waals surface area contributed by atoms with E-state index in [1.165, 1.54) is 0 Å². The number of amides is 1. The average Bonchev–Trinajstić information content (AvgIpc) is 2.09. The molecule has 1 amide bonds. The van der Waals surface area contributed by atoms with Crippen molar-refractivity contribution in [2.24, 2.45) is 0 Å². The molecule has 6 nitrogen and oxygen atoms in total. The second-order valence-corrected chi connectivity index (χ2v) is 4.56. The summed E-state index contributed by atoms with van der Waals surface area (Å²) in [6.45, 7) is 2.74. The van der Waals surface area contributed by atoms with Gasteiger partial charge in [0.25, 0.3) is 0 Å². The fraction of sp³-hybridized carbons (Fsp3) is 0.800. The Balaban J connectivity index is 4.54. The Morgan fingerprint density at radius 3 is 2.11 bits per heavy atom. The topological polar surface area (TPSA) is 84.9 Å². The van der Waals surface area contributed by atoms with Crippen molar-refractivity contribution in [1.82, 2.24) is 5.32 Å². The fourth-order valence-corrected chi connectivity index (χ4v) is 1.06. The lowest BCUT2D eigenvalue weighted by Gasteiger charge is -2.24. The molecule has 0 spiro atoms. The molecular weight excluding hydrogens is 252 g/mol. The fourth-order valence-electron chi connectivity index (χ4n) is 1.06. The first-order valence-electron chi connectivity index (χ1n) is 5.19. The number of carboxylic acids is 1. The third kappa shape index (κ3) is 7.00. The molecule has 2 N–H and O–H groups in total. The maximum atomic E-state index is 12.0. The Hall–Kier alpha value is -1.44. The first-order valence-corrected chi connectivity index (χ1v) is 5.19. The maximum absolute atomic E-state index is 12.0. The van der Waals surface area contributed by atoms with E-state index in [1.807, 2.05) is 5.32 Å². The van der Waals surface area contributed by atoms with Crippen molar-refractivity contribution in [3.8, 4) is 0 Å². The normalized spacial score (nSPS) is 15.1. The molecule has 106 valence electrons. The van der Waals surface area contributed by atoms with Gasteiger partial charge in [-0.25, -0.2) is 9.59 Å². The number of halogens is 2. The van der Waals surface area contributed by atoms with Crippen molar-refractivity contribution >= 4 is 12.1 Å². The first kappa shape index (κ1) is 16.6. The molecule has 0 radical (unpaired) electrons. The van der Waals surface area contributed by atoms with Gasteiger partial charge in [-0.1, -0.05) is 0 Å². The number of aliphatic carboxylic acids is 1. The van der Waals surface area contributed by atoms with Crippen LogP contribution in [0.5, 0.6) is 0 Å². The molecule has 0 aliphatic rings. The summed E-state index contributed by atoms with van der Waals surface area (Å²) in [6.07, 6.45) is -2.41. The second kappa shape index (κ2) is 6.48. The number of alkyl carbamates (subject to hydrolysis) is 1. The molecule has 0 unspecified atom stereocenters. The number of carbonyl (C=O) groups is 2. The number of hydrogen-bond acceptors (Lipinski definition) is 4. The molecule has 0 aliphatic heterocycles. The molecule has 0 rings (SSSR count). The van der Waals surface area contributed by atoms with Gasteiger partial charge in [0.2, 0.25) is 0 Å². The van der Waals surface area contributed by atoms with Gasteiger partial charge < -0.3 is 19.9 Å². The van der Waals surface area contributed by atoms with Crippen LogP contribution in [0.15, 0.2) is 0 Å². The zero-order valence-electron chi connectivity index (χ0n) is 10.6. The molecule has 0 heterocycles. The third-order valence-electron chi connectivity index (χ3n) is 1.73. The highest BCUT2D eigenvalue weighted by atomic mass is 19.3. The van der Waals surface area contributed by atoms with Crippen molar-refractivity contribution < 1.29 is 33.0 Å². The van der Waals surface area contributed by atoms with Gasteiger partial charge in [0.05, 0.1) is 6.10 Å². The highest BCUT2D eigenvalue weighted by Crippen LogP contribution is 2.09. The quantitative estimate of drug-likeness (QED) is 0.791. The molecule has 0 aliphatic carbocycles. The Morgan fingerprint density at radius 1 is 1.28 bits per heavy atom. The molecule has 0 saturated carbocycles. The lowest BCUT2D eigenvalue weighted by atomic mass is 10.2. The predicted molar refractivity (Wildman–Crippen MR) is 57.3 cm³/mol. The molecular formula is C10H17F2NO5. The Labute approximate surface area is 103 Å². The summed E-state index contributed by atoms with van der Waals surface area (Å²) in [4.78, 5) is 22.2. The van der Waals surface area contributed by atoms with Gasteiger partial charge in [-0.15, -0.1) is 0 Å². The number of carboxylic acid groups (broad SMARTS) is 1. The van der Waals surface area contributed by atoms with Crippen LogP contribution in [0.3, 0.4) is 0 Å². The van der Waals surface area contributed by atoms with Crippen LogP contribution in [0.4, 0.5) is 13.6 Å². The van der Waals surface area contributed by atoms with E-state index in [4.69, 9.17) is 9.84 Å². The lowest BCUT2D eigenvalue weighted by Crippen LogP contribution is -2.50. The summed E-state index contributed by atoms with van der Waals surface area (Å²) in [7, 11) is 0. The van der Waals surface area contributed by atoms with Crippen LogP contribution in [-0.4, -0.2) is 41.5 Å². The SMILES string of the molecule is C[C@@H](OC(F)F)[C@H](NC(=O)OC(C)(C)C)C(=O)O. The van der Waals surface area contributed by atoms with E-state index in [2.05, 4.69) is 4.74 Å². The largest absolute Gasteiger partial charge is 0.480 e. The molecule has 0 aromatic rings. The highest BCUT2D eigenvalue weighted by molar-refractivity contribution is 5.80. The third-order valence-corrected chi connectivity index (χ3v) is 1.73. The standard InChI is InChI=1S/C10H17F2NO5/c1-5(17-8(11)12)6(7(14)15)13-9(16)18-10(2,3)4/h5-6,8H,1-4H3,(H,13,16)(H,14,15)/t5-,6+/m1/s1. The summed E-state index contributed by atoms with van der Waals surface area (Å²) >= 11 is 0. The van der Waals surface area contributed by atoms with E-state index in [0.29, 0.717) is 0 Å². The van der Waals surface area contributed by atoms with Gasteiger partial charge in [-0.05, 0) is 27.7 Å². The van der Waals surface area contributed by atoms with Crippen molar-refractivity contribution in [3.05, 3.63) is 0 Å². The summed E-state index contributed by atoms with van der Waals surface area (Å²) < 4.78 is 32.8. The van der Waals surface area contributed by atoms with Gasteiger partial charge in [0.1, 0.15) is 5.60 Å². The van der Waals surface area contributed by atoms with Crippen molar-refractivity contribution in [2.45, 2.75) is 52.1 Å². The summed E-state index contributed by atoms with van der Waals surface area (Å²) in [5, 5.41) is 10.8. The average molecular weight is 269 g/mol. The Morgan fingerprint density at radius 2 is 1.78 bits per heavy atom. The second-order valence-electron chi connectivity index (χ2n) is 4.56. The van der Waals surface area contributed by atoms with Crippen molar-refractivity contribution in [2.75, 3.05) is 0 Å². The maximum Gasteiger partial charge on any atom is 0.408 e. The minimum absolute atomic E-state index is 0.819. The van der Waals surface area contributed by atoms with E-state index >= 15 is 0 Å². The Bertz CT molecular complexity index is 303. The van der Waals surface area contributed by atoms with Crippen LogP contribution >= 0.6 is 0 Å². The molecule has 0 aromatic heterocycles. The van der Waals surface area contributed by atoms with Crippen LogP contribution in [0, 0.1) is 0 Å². The van der Waals surface area contributed by atoms with Gasteiger partial charge in [0.15, 0.2) is 6.04 Å². The van der Waals surface area contributed by atoms with Crippen LogP contribution < -0.4 is 5.32 Å². The molecule has 0 saturated heterocycles. The van der Waals surface area contributed by atoms with E-state index in [-0.39, 0.29) is 0 Å². The molecule has 0 fully saturated rings. The monoisotopic (exact) mass is 269 g/mol. The zero-order valence-corrected chi connectivity index (χ0v) is 10.6. The van der Waals surface area contributed by atoms with Crippen LogP contribution in [0.2, 0.25) is 0 Å². The summed E-state index contributed by atoms with van der Waals surface area (Å²) in [5.74, 6) is -1.49. The number of carbonyl (C=O) groups excluding carboxylic acids is 1. The number of rotatable bonds is 5. The summed E-state index contributed by atoms with van der Waals surface area (Å²) in [6, 6.07) is -1.62. The molecule has 0 bridgehead atoms. The molecule has 18 heavy (non-hydrogen) atoms. The molecule has 8 heteroatoms. The van der Waals surface area contributed by atoms with Crippen LogP contribution in [0.1, 0.15) is 27.7 Å². The highest BCUT2D eigenvalue weighted by Gasteiger charge is 2.31. The molecule has 2 atom stereocenters.